The van der Waals surface area contributed by atoms with E-state index in [9.17, 15) is 9.59 Å². The molecule has 2 fully saturated rings. The molecule has 124 valence electrons. The van der Waals surface area contributed by atoms with Crippen LogP contribution in [0.15, 0.2) is 23.0 Å². The van der Waals surface area contributed by atoms with Crippen LogP contribution in [0.4, 0.5) is 0 Å². The third-order valence-electron chi connectivity index (χ3n) is 6.02. The standard InChI is InChI=1S/C19H26N2O2/c22-18-8-4-7-17-16-9-15(12-21(17)18)11-20(13-16)19(23)10-14-5-2-1-3-6-14/h4,7-8,14-16H,1-3,5-6,9-13H2. The van der Waals surface area contributed by atoms with Gasteiger partial charge < -0.3 is 9.47 Å². The van der Waals surface area contributed by atoms with Gasteiger partial charge in [-0.2, -0.15) is 0 Å². The number of piperidine rings is 1. The molecule has 1 saturated carbocycles. The van der Waals surface area contributed by atoms with E-state index in [2.05, 4.69) is 11.0 Å². The predicted molar refractivity (Wildman–Crippen MR) is 89.3 cm³/mol. The molecular weight excluding hydrogens is 288 g/mol. The Bertz CT molecular complexity index is 645. The van der Waals surface area contributed by atoms with Crippen LogP contribution < -0.4 is 5.56 Å². The first kappa shape index (κ1) is 15.0. The van der Waals surface area contributed by atoms with Crippen molar-refractivity contribution in [2.45, 2.75) is 57.4 Å². The van der Waals surface area contributed by atoms with E-state index in [0.29, 0.717) is 23.7 Å². The van der Waals surface area contributed by atoms with Gasteiger partial charge in [-0.1, -0.05) is 25.3 Å². The number of nitrogens with zero attached hydrogens (tertiary/aromatic N) is 2. The molecule has 0 N–H and O–H groups in total. The Balaban J connectivity index is 1.47. The Morgan fingerprint density at radius 1 is 1.09 bits per heavy atom. The summed E-state index contributed by atoms with van der Waals surface area (Å²) < 4.78 is 1.93. The normalized spacial score (nSPS) is 27.6. The summed E-state index contributed by atoms with van der Waals surface area (Å²) in [5, 5.41) is 0. The van der Waals surface area contributed by atoms with Crippen LogP contribution in [0, 0.1) is 11.8 Å². The summed E-state index contributed by atoms with van der Waals surface area (Å²) in [6.45, 7) is 2.41. The number of rotatable bonds is 2. The fourth-order valence-electron chi connectivity index (χ4n) is 4.87. The van der Waals surface area contributed by atoms with Crippen molar-refractivity contribution in [2.75, 3.05) is 13.1 Å². The molecule has 0 radical (unpaired) electrons. The first-order chi connectivity index (χ1) is 11.2. The van der Waals surface area contributed by atoms with Crippen molar-refractivity contribution >= 4 is 5.91 Å². The van der Waals surface area contributed by atoms with E-state index in [4.69, 9.17) is 0 Å². The number of fused-ring (bicyclic) bond motifs is 4. The van der Waals surface area contributed by atoms with Crippen molar-refractivity contribution in [1.29, 1.82) is 0 Å². The fourth-order valence-corrected chi connectivity index (χ4v) is 4.87. The molecule has 1 aromatic rings. The van der Waals surface area contributed by atoms with Crippen LogP contribution in [0.5, 0.6) is 0 Å². The minimum atomic E-state index is 0.110. The molecule has 2 unspecified atom stereocenters. The van der Waals surface area contributed by atoms with Crippen LogP contribution in [0.2, 0.25) is 0 Å². The van der Waals surface area contributed by atoms with Crippen LogP contribution in [-0.4, -0.2) is 28.5 Å². The van der Waals surface area contributed by atoms with E-state index in [1.807, 2.05) is 10.6 Å². The zero-order valence-corrected chi connectivity index (χ0v) is 13.7. The van der Waals surface area contributed by atoms with Crippen molar-refractivity contribution in [3.8, 4) is 0 Å². The largest absolute Gasteiger partial charge is 0.342 e. The zero-order chi connectivity index (χ0) is 15.8. The summed E-state index contributed by atoms with van der Waals surface area (Å²) in [6, 6.07) is 5.57. The second-order valence-corrected chi connectivity index (χ2v) is 7.71. The molecule has 23 heavy (non-hydrogen) atoms. The molecule has 0 spiro atoms. The third-order valence-corrected chi connectivity index (χ3v) is 6.02. The van der Waals surface area contributed by atoms with Crippen molar-refractivity contribution in [2.24, 2.45) is 11.8 Å². The van der Waals surface area contributed by atoms with E-state index in [-0.39, 0.29) is 5.56 Å². The van der Waals surface area contributed by atoms with Crippen molar-refractivity contribution in [3.05, 3.63) is 34.2 Å². The second kappa shape index (κ2) is 6.14. The lowest BCUT2D eigenvalue weighted by Gasteiger charge is -2.43. The monoisotopic (exact) mass is 314 g/mol. The molecule has 4 heteroatoms. The molecule has 1 aromatic heterocycles. The summed E-state index contributed by atoms with van der Waals surface area (Å²) in [5.74, 6) is 1.73. The van der Waals surface area contributed by atoms with Gasteiger partial charge in [-0.05, 0) is 37.2 Å². The minimum absolute atomic E-state index is 0.110. The first-order valence-electron chi connectivity index (χ1n) is 9.18. The summed E-state index contributed by atoms with van der Waals surface area (Å²) in [5.41, 5.74) is 1.24. The molecular formula is C19H26N2O2. The van der Waals surface area contributed by atoms with Gasteiger partial charge in [-0.15, -0.1) is 0 Å². The topological polar surface area (TPSA) is 42.3 Å². The highest BCUT2D eigenvalue weighted by atomic mass is 16.2. The van der Waals surface area contributed by atoms with E-state index >= 15 is 0 Å². The van der Waals surface area contributed by atoms with Crippen molar-refractivity contribution in [1.82, 2.24) is 9.47 Å². The molecule has 4 nitrogen and oxygen atoms in total. The highest BCUT2D eigenvalue weighted by Crippen LogP contribution is 2.36. The van der Waals surface area contributed by atoms with E-state index in [1.54, 1.807) is 6.07 Å². The van der Waals surface area contributed by atoms with Gasteiger partial charge in [0.2, 0.25) is 5.91 Å². The first-order valence-corrected chi connectivity index (χ1v) is 9.18. The molecule has 1 aliphatic carbocycles. The molecule has 1 amide bonds. The SMILES string of the molecule is O=C(CC1CCCCC1)N1CC2CC(C1)c1cccc(=O)n1C2. The molecule has 4 rings (SSSR count). The maximum Gasteiger partial charge on any atom is 0.250 e. The average Bonchev–Trinajstić information content (AvgIpc) is 2.57. The summed E-state index contributed by atoms with van der Waals surface area (Å²) >= 11 is 0. The van der Waals surface area contributed by atoms with Crippen LogP contribution in [-0.2, 0) is 11.3 Å². The smallest absolute Gasteiger partial charge is 0.250 e. The number of hydrogen-bond donors (Lipinski definition) is 0. The van der Waals surface area contributed by atoms with Gasteiger partial charge >= 0.3 is 0 Å². The second-order valence-electron chi connectivity index (χ2n) is 7.71. The summed E-state index contributed by atoms with van der Waals surface area (Å²) in [4.78, 5) is 26.9. The Morgan fingerprint density at radius 3 is 2.74 bits per heavy atom. The highest BCUT2D eigenvalue weighted by Gasteiger charge is 2.36. The number of aromatic nitrogens is 1. The zero-order valence-electron chi connectivity index (χ0n) is 13.7. The Morgan fingerprint density at radius 2 is 1.91 bits per heavy atom. The fraction of sp³-hybridized carbons (Fsp3) is 0.684. The molecule has 3 heterocycles. The minimum Gasteiger partial charge on any atom is -0.342 e. The number of carbonyl (C=O) groups excluding carboxylic acids is 1. The number of hydrogen-bond acceptors (Lipinski definition) is 2. The van der Waals surface area contributed by atoms with Gasteiger partial charge in [0.1, 0.15) is 0 Å². The van der Waals surface area contributed by atoms with Gasteiger partial charge in [0.25, 0.3) is 5.56 Å². The summed E-state index contributed by atoms with van der Waals surface area (Å²) in [7, 11) is 0. The Labute approximate surface area is 137 Å². The molecule has 3 aliphatic rings. The number of amides is 1. The number of likely N-dealkylation sites (tertiary alicyclic amines) is 1. The molecule has 0 aromatic carbocycles. The quantitative estimate of drug-likeness (QED) is 0.842. The van der Waals surface area contributed by atoms with E-state index in [0.717, 1.165) is 38.2 Å². The number of carbonyl (C=O) groups is 1. The van der Waals surface area contributed by atoms with Crippen LogP contribution >= 0.6 is 0 Å². The lowest BCUT2D eigenvalue weighted by molar-refractivity contribution is -0.135. The van der Waals surface area contributed by atoms with E-state index < -0.39 is 0 Å². The van der Waals surface area contributed by atoms with Gasteiger partial charge in [0.15, 0.2) is 0 Å². The van der Waals surface area contributed by atoms with Crippen molar-refractivity contribution in [3.63, 3.8) is 0 Å². The maximum absolute atomic E-state index is 12.7. The van der Waals surface area contributed by atoms with E-state index in [1.165, 1.54) is 32.1 Å². The molecule has 2 aliphatic heterocycles. The Kier molecular flexibility index (Phi) is 4.00. The molecule has 2 bridgehead atoms. The van der Waals surface area contributed by atoms with Crippen molar-refractivity contribution < 1.29 is 4.79 Å². The van der Waals surface area contributed by atoms with Gasteiger partial charge in [0.05, 0.1) is 0 Å². The lowest BCUT2D eigenvalue weighted by atomic mass is 9.82. The highest BCUT2D eigenvalue weighted by molar-refractivity contribution is 5.76. The van der Waals surface area contributed by atoms with Crippen LogP contribution in [0.1, 0.15) is 56.6 Å². The number of pyridine rings is 1. The Hall–Kier alpha value is -1.58. The summed E-state index contributed by atoms with van der Waals surface area (Å²) in [6.07, 6.45) is 8.23. The van der Waals surface area contributed by atoms with Gasteiger partial charge in [-0.3, -0.25) is 9.59 Å². The maximum atomic E-state index is 12.7. The van der Waals surface area contributed by atoms with Crippen LogP contribution in [0.25, 0.3) is 0 Å². The van der Waals surface area contributed by atoms with Crippen LogP contribution in [0.3, 0.4) is 0 Å². The van der Waals surface area contributed by atoms with Gasteiger partial charge in [0, 0.05) is 43.7 Å². The average molecular weight is 314 g/mol. The third kappa shape index (κ3) is 2.96. The molecule has 2 atom stereocenters. The molecule has 1 saturated heterocycles. The predicted octanol–water partition coefficient (Wildman–Crippen LogP) is 2.76. The lowest BCUT2D eigenvalue weighted by Crippen LogP contribution is -2.49. The van der Waals surface area contributed by atoms with Gasteiger partial charge in [-0.25, -0.2) is 0 Å².